The van der Waals surface area contributed by atoms with Gasteiger partial charge in [0.15, 0.2) is 11.6 Å². The third-order valence-electron chi connectivity index (χ3n) is 2.86. The minimum absolute atomic E-state index is 0.0266. The van der Waals surface area contributed by atoms with E-state index in [0.717, 1.165) is 0 Å². The monoisotopic (exact) mass is 307 g/mol. The van der Waals surface area contributed by atoms with E-state index in [1.807, 2.05) is 6.07 Å². The SMILES string of the molecule is N#Cc1ccc(Nc2ncnc(Oc3ccccc3F)n2)cc1. The number of ether oxygens (including phenoxy) is 1. The Balaban J connectivity index is 1.77. The molecule has 0 saturated heterocycles. The van der Waals surface area contributed by atoms with Crippen LogP contribution in [0.2, 0.25) is 0 Å². The number of nitrogens with zero attached hydrogens (tertiary/aromatic N) is 4. The Kier molecular flexibility index (Phi) is 4.07. The van der Waals surface area contributed by atoms with Gasteiger partial charge in [0, 0.05) is 5.69 Å². The van der Waals surface area contributed by atoms with E-state index in [1.165, 1.54) is 18.5 Å². The predicted molar refractivity (Wildman–Crippen MR) is 80.7 cm³/mol. The summed E-state index contributed by atoms with van der Waals surface area (Å²) >= 11 is 0. The fourth-order valence-corrected chi connectivity index (χ4v) is 1.77. The number of rotatable bonds is 4. The molecule has 1 heterocycles. The Bertz CT molecular complexity index is 861. The minimum Gasteiger partial charge on any atom is -0.421 e. The van der Waals surface area contributed by atoms with E-state index >= 15 is 0 Å². The number of para-hydroxylation sites is 1. The van der Waals surface area contributed by atoms with E-state index in [0.29, 0.717) is 11.3 Å². The van der Waals surface area contributed by atoms with Crippen LogP contribution in [0.25, 0.3) is 0 Å². The molecule has 3 rings (SSSR count). The first kappa shape index (κ1) is 14.4. The summed E-state index contributed by atoms with van der Waals surface area (Å²) in [7, 11) is 0. The van der Waals surface area contributed by atoms with Gasteiger partial charge in [-0.05, 0) is 36.4 Å². The standard InChI is InChI=1S/C16H10FN5O/c17-13-3-1-2-4-14(13)23-16-20-10-19-15(22-16)21-12-7-5-11(9-18)6-8-12/h1-8,10H,(H,19,20,21,22). The fourth-order valence-electron chi connectivity index (χ4n) is 1.77. The molecule has 0 fully saturated rings. The van der Waals surface area contributed by atoms with Crippen molar-refractivity contribution >= 4 is 11.6 Å². The number of halogens is 1. The number of hydrogen-bond acceptors (Lipinski definition) is 6. The van der Waals surface area contributed by atoms with Crippen LogP contribution in [0.3, 0.4) is 0 Å². The molecule has 0 radical (unpaired) electrons. The molecule has 0 atom stereocenters. The maximum Gasteiger partial charge on any atom is 0.326 e. The lowest BCUT2D eigenvalue weighted by atomic mass is 10.2. The van der Waals surface area contributed by atoms with Crippen molar-refractivity contribution in [3.63, 3.8) is 0 Å². The van der Waals surface area contributed by atoms with Gasteiger partial charge in [-0.3, -0.25) is 0 Å². The number of nitriles is 1. The van der Waals surface area contributed by atoms with Gasteiger partial charge in [-0.15, -0.1) is 0 Å². The second kappa shape index (κ2) is 6.49. The zero-order chi connectivity index (χ0) is 16.1. The van der Waals surface area contributed by atoms with Crippen LogP contribution >= 0.6 is 0 Å². The maximum atomic E-state index is 13.6. The van der Waals surface area contributed by atoms with Crippen molar-refractivity contribution in [3.8, 4) is 17.8 Å². The highest BCUT2D eigenvalue weighted by molar-refractivity contribution is 5.54. The molecule has 112 valence electrons. The molecule has 1 N–H and O–H groups in total. The summed E-state index contributed by atoms with van der Waals surface area (Å²) in [4.78, 5) is 11.9. The zero-order valence-corrected chi connectivity index (χ0v) is 11.8. The van der Waals surface area contributed by atoms with Crippen molar-refractivity contribution in [2.24, 2.45) is 0 Å². The summed E-state index contributed by atoms with van der Waals surface area (Å²) in [5.41, 5.74) is 1.25. The molecule has 2 aromatic carbocycles. The van der Waals surface area contributed by atoms with Crippen molar-refractivity contribution in [2.45, 2.75) is 0 Å². The highest BCUT2D eigenvalue weighted by atomic mass is 19.1. The Morgan fingerprint density at radius 1 is 1.04 bits per heavy atom. The Morgan fingerprint density at radius 3 is 2.57 bits per heavy atom. The Hall–Kier alpha value is -3.53. The van der Waals surface area contributed by atoms with Crippen molar-refractivity contribution in [2.75, 3.05) is 5.32 Å². The van der Waals surface area contributed by atoms with Gasteiger partial charge in [-0.1, -0.05) is 12.1 Å². The van der Waals surface area contributed by atoms with Crippen LogP contribution in [0.15, 0.2) is 54.9 Å². The van der Waals surface area contributed by atoms with Crippen LogP contribution in [-0.2, 0) is 0 Å². The van der Waals surface area contributed by atoms with E-state index in [4.69, 9.17) is 10.00 Å². The lowest BCUT2D eigenvalue weighted by Crippen LogP contribution is -2.00. The summed E-state index contributed by atoms with van der Waals surface area (Å²) in [6, 6.07) is 14.8. The summed E-state index contributed by atoms with van der Waals surface area (Å²) in [6.07, 6.45) is 1.26. The Morgan fingerprint density at radius 2 is 1.83 bits per heavy atom. The van der Waals surface area contributed by atoms with Crippen molar-refractivity contribution in [3.05, 3.63) is 66.2 Å². The molecule has 1 aromatic heterocycles. The normalized spacial score (nSPS) is 9.91. The molecule has 0 saturated carbocycles. The summed E-state index contributed by atoms with van der Waals surface area (Å²) < 4.78 is 18.9. The van der Waals surface area contributed by atoms with Gasteiger partial charge in [0.25, 0.3) is 0 Å². The molecule has 0 bridgehead atoms. The van der Waals surface area contributed by atoms with Gasteiger partial charge in [-0.25, -0.2) is 9.37 Å². The number of benzene rings is 2. The largest absolute Gasteiger partial charge is 0.421 e. The zero-order valence-electron chi connectivity index (χ0n) is 11.8. The van der Waals surface area contributed by atoms with Gasteiger partial charge in [0.05, 0.1) is 11.6 Å². The van der Waals surface area contributed by atoms with Gasteiger partial charge in [0.2, 0.25) is 5.95 Å². The van der Waals surface area contributed by atoms with Crippen molar-refractivity contribution in [1.29, 1.82) is 5.26 Å². The first-order valence-corrected chi connectivity index (χ1v) is 6.63. The second-order valence-corrected chi connectivity index (χ2v) is 4.44. The molecule has 0 aliphatic heterocycles. The molecular weight excluding hydrogens is 297 g/mol. The number of hydrogen-bond donors (Lipinski definition) is 1. The smallest absolute Gasteiger partial charge is 0.326 e. The average molecular weight is 307 g/mol. The van der Waals surface area contributed by atoms with Gasteiger partial charge in [0.1, 0.15) is 6.33 Å². The molecule has 7 heteroatoms. The molecule has 0 aliphatic rings. The first-order valence-electron chi connectivity index (χ1n) is 6.63. The molecule has 0 unspecified atom stereocenters. The molecule has 0 spiro atoms. The average Bonchev–Trinajstić information content (AvgIpc) is 2.58. The lowest BCUT2D eigenvalue weighted by Gasteiger charge is -2.07. The highest BCUT2D eigenvalue weighted by Crippen LogP contribution is 2.22. The van der Waals surface area contributed by atoms with Gasteiger partial charge < -0.3 is 10.1 Å². The number of anilines is 2. The van der Waals surface area contributed by atoms with Crippen LogP contribution in [0.5, 0.6) is 11.8 Å². The maximum absolute atomic E-state index is 13.6. The minimum atomic E-state index is -0.505. The first-order chi connectivity index (χ1) is 11.2. The van der Waals surface area contributed by atoms with Crippen LogP contribution in [0.4, 0.5) is 16.0 Å². The fraction of sp³-hybridized carbons (Fsp3) is 0. The third-order valence-corrected chi connectivity index (χ3v) is 2.86. The number of nitrogens with one attached hydrogen (secondary N) is 1. The molecule has 23 heavy (non-hydrogen) atoms. The lowest BCUT2D eigenvalue weighted by molar-refractivity contribution is 0.410. The van der Waals surface area contributed by atoms with E-state index in [-0.39, 0.29) is 17.7 Å². The topological polar surface area (TPSA) is 83.7 Å². The quantitative estimate of drug-likeness (QED) is 0.795. The van der Waals surface area contributed by atoms with Gasteiger partial charge in [-0.2, -0.15) is 15.2 Å². The molecule has 3 aromatic rings. The second-order valence-electron chi connectivity index (χ2n) is 4.44. The summed E-state index contributed by atoms with van der Waals surface area (Å²) in [5, 5.41) is 11.7. The summed E-state index contributed by atoms with van der Waals surface area (Å²) in [6.45, 7) is 0. The molecule has 0 amide bonds. The molecular formula is C16H10FN5O. The molecule has 0 aliphatic carbocycles. The number of aromatic nitrogens is 3. The van der Waals surface area contributed by atoms with E-state index in [9.17, 15) is 4.39 Å². The molecule has 6 nitrogen and oxygen atoms in total. The summed E-state index contributed by atoms with van der Waals surface area (Å²) in [5.74, 6) is -0.228. The predicted octanol–water partition coefficient (Wildman–Crippen LogP) is 3.42. The van der Waals surface area contributed by atoms with E-state index in [1.54, 1.807) is 36.4 Å². The van der Waals surface area contributed by atoms with Crippen LogP contribution in [-0.4, -0.2) is 15.0 Å². The van der Waals surface area contributed by atoms with Crippen molar-refractivity contribution in [1.82, 2.24) is 15.0 Å². The van der Waals surface area contributed by atoms with Crippen molar-refractivity contribution < 1.29 is 9.13 Å². The Labute approximate surface area is 131 Å². The van der Waals surface area contributed by atoms with E-state index < -0.39 is 5.82 Å². The highest BCUT2D eigenvalue weighted by Gasteiger charge is 2.07. The van der Waals surface area contributed by atoms with Crippen LogP contribution < -0.4 is 10.1 Å². The third kappa shape index (κ3) is 3.57. The van der Waals surface area contributed by atoms with Crippen LogP contribution in [0.1, 0.15) is 5.56 Å². The van der Waals surface area contributed by atoms with Gasteiger partial charge >= 0.3 is 6.01 Å². The van der Waals surface area contributed by atoms with E-state index in [2.05, 4.69) is 20.3 Å². The van der Waals surface area contributed by atoms with Crippen LogP contribution in [0, 0.1) is 17.1 Å².